The number of aromatic nitrogens is 3. The van der Waals surface area contributed by atoms with Crippen molar-refractivity contribution in [1.82, 2.24) is 20.1 Å². The van der Waals surface area contributed by atoms with Crippen LogP contribution >= 0.6 is 11.8 Å². The van der Waals surface area contributed by atoms with Gasteiger partial charge in [-0.3, -0.25) is 9.36 Å². The lowest BCUT2D eigenvalue weighted by Crippen LogP contribution is -2.32. The Kier molecular flexibility index (Phi) is 5.46. The van der Waals surface area contributed by atoms with Gasteiger partial charge in [-0.25, -0.2) is 0 Å². The van der Waals surface area contributed by atoms with Crippen molar-refractivity contribution in [3.8, 4) is 0 Å². The third-order valence-electron chi connectivity index (χ3n) is 2.54. The van der Waals surface area contributed by atoms with Gasteiger partial charge in [-0.05, 0) is 19.3 Å². The van der Waals surface area contributed by atoms with E-state index in [4.69, 9.17) is 5.73 Å². The topological polar surface area (TPSA) is 85.8 Å². The molecule has 1 amide bonds. The van der Waals surface area contributed by atoms with E-state index < -0.39 is 0 Å². The molecule has 3 N–H and O–H groups in total. The summed E-state index contributed by atoms with van der Waals surface area (Å²) < 4.78 is 1.67. The van der Waals surface area contributed by atoms with Crippen LogP contribution in [0, 0.1) is 5.92 Å². The van der Waals surface area contributed by atoms with Crippen LogP contribution in [0.3, 0.4) is 0 Å². The second-order valence-corrected chi connectivity index (χ2v) is 5.94. The number of nitrogens with zero attached hydrogens (tertiary/aromatic N) is 3. The summed E-state index contributed by atoms with van der Waals surface area (Å²) in [5.41, 5.74) is 5.58. The number of carbonyl (C=O) groups is 1. The van der Waals surface area contributed by atoms with E-state index in [0.29, 0.717) is 23.6 Å². The lowest BCUT2D eigenvalue weighted by Gasteiger charge is -2.12. The number of nitrogens with one attached hydrogen (secondary N) is 1. The average molecular weight is 271 g/mol. The van der Waals surface area contributed by atoms with Crippen LogP contribution in [-0.4, -0.2) is 32.5 Å². The smallest absolute Gasteiger partial charge is 0.233 e. The van der Waals surface area contributed by atoms with Crippen molar-refractivity contribution in [2.75, 3.05) is 12.3 Å². The molecular formula is C11H21N5OS. The summed E-state index contributed by atoms with van der Waals surface area (Å²) in [5.74, 6) is 0.957. The summed E-state index contributed by atoms with van der Waals surface area (Å²) in [5, 5.41) is 11.0. The fourth-order valence-electron chi connectivity index (χ4n) is 1.27. The maximum Gasteiger partial charge on any atom is 0.233 e. The fourth-order valence-corrected chi connectivity index (χ4v) is 2.11. The molecule has 0 saturated heterocycles. The van der Waals surface area contributed by atoms with Crippen LogP contribution in [0.25, 0.3) is 0 Å². The number of anilines is 1. The molecule has 0 radical (unpaired) electrons. The second kappa shape index (κ2) is 6.63. The number of amides is 1. The molecule has 6 nitrogen and oxygen atoms in total. The van der Waals surface area contributed by atoms with Crippen molar-refractivity contribution in [3.63, 3.8) is 0 Å². The molecule has 18 heavy (non-hydrogen) atoms. The summed E-state index contributed by atoms with van der Waals surface area (Å²) in [7, 11) is 1.78. The van der Waals surface area contributed by atoms with Crippen LogP contribution in [0.2, 0.25) is 0 Å². The van der Waals surface area contributed by atoms with Crippen LogP contribution in [0.5, 0.6) is 0 Å². The Morgan fingerprint density at radius 3 is 2.61 bits per heavy atom. The molecule has 0 aliphatic heterocycles. The SMILES string of the molecule is CC(C)CCNC(=O)C(C)Sc1nnc(N)n1C. The van der Waals surface area contributed by atoms with Crippen molar-refractivity contribution in [2.45, 2.75) is 37.6 Å². The highest BCUT2D eigenvalue weighted by atomic mass is 32.2. The Labute approximate surface area is 112 Å². The van der Waals surface area contributed by atoms with Gasteiger partial charge < -0.3 is 11.1 Å². The highest BCUT2D eigenvalue weighted by Crippen LogP contribution is 2.21. The van der Waals surface area contributed by atoms with E-state index >= 15 is 0 Å². The van der Waals surface area contributed by atoms with Crippen LogP contribution in [-0.2, 0) is 11.8 Å². The predicted octanol–water partition coefficient (Wildman–Crippen LogP) is 1.04. The molecule has 1 atom stereocenters. The quantitative estimate of drug-likeness (QED) is 0.755. The zero-order valence-corrected chi connectivity index (χ0v) is 12.1. The van der Waals surface area contributed by atoms with Crippen molar-refractivity contribution >= 4 is 23.6 Å². The molecule has 1 aromatic rings. The first-order chi connectivity index (χ1) is 8.41. The van der Waals surface area contributed by atoms with Gasteiger partial charge in [0.05, 0.1) is 5.25 Å². The molecule has 0 fully saturated rings. The van der Waals surface area contributed by atoms with Crippen molar-refractivity contribution in [2.24, 2.45) is 13.0 Å². The molecule has 1 aromatic heterocycles. The first kappa shape index (κ1) is 14.8. The summed E-state index contributed by atoms with van der Waals surface area (Å²) >= 11 is 1.36. The summed E-state index contributed by atoms with van der Waals surface area (Å²) in [6.45, 7) is 6.82. The Morgan fingerprint density at radius 2 is 2.11 bits per heavy atom. The number of nitrogens with two attached hydrogens (primary N) is 1. The standard InChI is InChI=1S/C11H21N5OS/c1-7(2)5-6-13-9(17)8(3)18-11-15-14-10(12)16(11)4/h7-8H,5-6H2,1-4H3,(H2,12,14)(H,13,17). The van der Waals surface area contributed by atoms with Gasteiger partial charge in [-0.2, -0.15) is 0 Å². The summed E-state index contributed by atoms with van der Waals surface area (Å²) in [4.78, 5) is 11.8. The van der Waals surface area contributed by atoms with E-state index in [1.165, 1.54) is 11.8 Å². The number of thioether (sulfide) groups is 1. The molecule has 0 aromatic carbocycles. The first-order valence-corrected chi connectivity index (χ1v) is 6.89. The molecule has 102 valence electrons. The summed E-state index contributed by atoms with van der Waals surface area (Å²) in [6.07, 6.45) is 0.986. The van der Waals surface area contributed by atoms with Gasteiger partial charge in [-0.15, -0.1) is 10.2 Å². The highest BCUT2D eigenvalue weighted by Gasteiger charge is 2.17. The van der Waals surface area contributed by atoms with Crippen LogP contribution in [0.1, 0.15) is 27.2 Å². The van der Waals surface area contributed by atoms with Gasteiger partial charge in [0.2, 0.25) is 11.9 Å². The Bertz CT molecular complexity index is 404. The zero-order valence-electron chi connectivity index (χ0n) is 11.3. The maximum atomic E-state index is 11.8. The number of nitrogen functional groups attached to an aromatic ring is 1. The molecule has 0 spiro atoms. The molecule has 1 unspecified atom stereocenters. The Morgan fingerprint density at radius 1 is 1.44 bits per heavy atom. The third kappa shape index (κ3) is 4.21. The summed E-state index contributed by atoms with van der Waals surface area (Å²) in [6, 6.07) is 0. The van der Waals surface area contributed by atoms with E-state index in [1.807, 2.05) is 6.92 Å². The number of carbonyl (C=O) groups excluding carboxylic acids is 1. The Hall–Kier alpha value is -1.24. The van der Waals surface area contributed by atoms with Crippen LogP contribution in [0.15, 0.2) is 5.16 Å². The van der Waals surface area contributed by atoms with Gasteiger partial charge in [0.25, 0.3) is 0 Å². The van der Waals surface area contributed by atoms with E-state index in [2.05, 4.69) is 29.4 Å². The molecule has 0 saturated carbocycles. The minimum Gasteiger partial charge on any atom is -0.368 e. The van der Waals surface area contributed by atoms with E-state index in [0.717, 1.165) is 6.42 Å². The van der Waals surface area contributed by atoms with Gasteiger partial charge in [0.1, 0.15) is 0 Å². The molecule has 1 heterocycles. The first-order valence-electron chi connectivity index (χ1n) is 6.01. The monoisotopic (exact) mass is 271 g/mol. The van der Waals surface area contributed by atoms with Gasteiger partial charge in [0.15, 0.2) is 5.16 Å². The number of rotatable bonds is 6. The lowest BCUT2D eigenvalue weighted by molar-refractivity contribution is -0.120. The fraction of sp³-hybridized carbons (Fsp3) is 0.727. The maximum absolute atomic E-state index is 11.8. The lowest BCUT2D eigenvalue weighted by atomic mass is 10.1. The predicted molar refractivity (Wildman–Crippen MR) is 73.2 cm³/mol. The second-order valence-electron chi connectivity index (χ2n) is 4.63. The largest absolute Gasteiger partial charge is 0.368 e. The van der Waals surface area contributed by atoms with Crippen molar-refractivity contribution < 1.29 is 4.79 Å². The van der Waals surface area contributed by atoms with Crippen molar-refractivity contribution in [3.05, 3.63) is 0 Å². The van der Waals surface area contributed by atoms with E-state index in [1.54, 1.807) is 11.6 Å². The van der Waals surface area contributed by atoms with Gasteiger partial charge in [-0.1, -0.05) is 25.6 Å². The van der Waals surface area contributed by atoms with Crippen molar-refractivity contribution in [1.29, 1.82) is 0 Å². The minimum absolute atomic E-state index is 0.0159. The van der Waals surface area contributed by atoms with Gasteiger partial charge in [0, 0.05) is 13.6 Å². The third-order valence-corrected chi connectivity index (χ3v) is 3.67. The zero-order chi connectivity index (χ0) is 13.7. The minimum atomic E-state index is -0.209. The van der Waals surface area contributed by atoms with Crippen LogP contribution < -0.4 is 11.1 Å². The highest BCUT2D eigenvalue weighted by molar-refractivity contribution is 8.00. The van der Waals surface area contributed by atoms with Gasteiger partial charge >= 0.3 is 0 Å². The van der Waals surface area contributed by atoms with E-state index in [-0.39, 0.29) is 11.2 Å². The number of hydrogen-bond acceptors (Lipinski definition) is 5. The molecule has 0 bridgehead atoms. The average Bonchev–Trinajstić information content (AvgIpc) is 2.60. The molecule has 0 aliphatic carbocycles. The number of hydrogen-bond donors (Lipinski definition) is 2. The Balaban J connectivity index is 2.42. The molecule has 0 aliphatic rings. The van der Waals surface area contributed by atoms with E-state index in [9.17, 15) is 4.79 Å². The molecule has 1 rings (SSSR count). The molecule has 7 heteroatoms. The van der Waals surface area contributed by atoms with Crippen LogP contribution in [0.4, 0.5) is 5.95 Å². The normalized spacial score (nSPS) is 12.7. The molecular weight excluding hydrogens is 250 g/mol.